The van der Waals surface area contributed by atoms with Gasteiger partial charge < -0.3 is 0 Å². The lowest BCUT2D eigenvalue weighted by Crippen LogP contribution is -2.16. The molecule has 0 spiro atoms. The van der Waals surface area contributed by atoms with E-state index in [1.807, 2.05) is 6.92 Å². The number of nitrogens with one attached hydrogen (secondary N) is 1. The first kappa shape index (κ1) is 8.94. The van der Waals surface area contributed by atoms with Gasteiger partial charge in [0.15, 0.2) is 5.16 Å². The second kappa shape index (κ2) is 4.02. The third kappa shape index (κ3) is 1.71. The van der Waals surface area contributed by atoms with E-state index in [0.29, 0.717) is 17.5 Å². The molecule has 5 heteroatoms. The molecule has 1 aromatic heterocycles. The highest BCUT2D eigenvalue weighted by Crippen LogP contribution is 2.10. The van der Waals surface area contributed by atoms with Gasteiger partial charge in [0.05, 0.1) is 5.75 Å². The van der Waals surface area contributed by atoms with Crippen LogP contribution in [0.15, 0.2) is 9.95 Å². The van der Waals surface area contributed by atoms with Crippen LogP contribution in [0.25, 0.3) is 0 Å². The zero-order chi connectivity index (χ0) is 8.97. The number of thioether (sulfide) groups is 1. The van der Waals surface area contributed by atoms with Crippen molar-refractivity contribution in [3.8, 4) is 12.3 Å². The normalized spacial score (nSPS) is 9.67. The maximum atomic E-state index is 11.0. The number of terminal acetylenes is 1. The third-order valence-corrected chi connectivity index (χ3v) is 2.20. The van der Waals surface area contributed by atoms with Gasteiger partial charge in [-0.2, -0.15) is 0 Å². The zero-order valence-electron chi connectivity index (χ0n) is 6.70. The average Bonchev–Trinajstić information content (AvgIpc) is 2.43. The molecule has 64 valence electrons. The van der Waals surface area contributed by atoms with E-state index in [1.54, 1.807) is 4.57 Å². The van der Waals surface area contributed by atoms with Crippen LogP contribution in [0.4, 0.5) is 0 Å². The second-order valence-electron chi connectivity index (χ2n) is 2.05. The van der Waals surface area contributed by atoms with Gasteiger partial charge in [-0.1, -0.05) is 17.7 Å². The number of nitrogens with zero attached hydrogens (tertiary/aromatic N) is 2. The Balaban J connectivity index is 2.86. The van der Waals surface area contributed by atoms with E-state index in [9.17, 15) is 4.79 Å². The Labute approximate surface area is 74.4 Å². The first-order valence-corrected chi connectivity index (χ1v) is 4.49. The van der Waals surface area contributed by atoms with Crippen LogP contribution in [0.5, 0.6) is 0 Å². The molecule has 0 amide bonds. The summed E-state index contributed by atoms with van der Waals surface area (Å²) >= 11 is 1.38. The zero-order valence-corrected chi connectivity index (χ0v) is 7.52. The number of H-pyrrole nitrogens is 1. The van der Waals surface area contributed by atoms with E-state index in [-0.39, 0.29) is 5.69 Å². The van der Waals surface area contributed by atoms with Crippen LogP contribution in [0.1, 0.15) is 6.92 Å². The lowest BCUT2D eigenvalue weighted by atomic mass is 10.7. The Bertz CT molecular complexity index is 346. The summed E-state index contributed by atoms with van der Waals surface area (Å²) in [6, 6.07) is 0. The predicted molar refractivity (Wildman–Crippen MR) is 48.1 cm³/mol. The quantitative estimate of drug-likeness (QED) is 0.542. The summed E-state index contributed by atoms with van der Waals surface area (Å²) in [6.07, 6.45) is 5.08. The van der Waals surface area contributed by atoms with Crippen molar-refractivity contribution >= 4 is 11.8 Å². The minimum atomic E-state index is -0.183. The van der Waals surface area contributed by atoms with Crippen LogP contribution in [0.2, 0.25) is 0 Å². The average molecular weight is 183 g/mol. The monoisotopic (exact) mass is 183 g/mol. The van der Waals surface area contributed by atoms with Crippen LogP contribution in [0, 0.1) is 12.3 Å². The van der Waals surface area contributed by atoms with Crippen molar-refractivity contribution in [2.24, 2.45) is 0 Å². The molecule has 0 saturated carbocycles. The van der Waals surface area contributed by atoms with Crippen LogP contribution in [-0.4, -0.2) is 20.5 Å². The molecule has 0 aliphatic carbocycles. The number of hydrogen-bond donors (Lipinski definition) is 1. The molecule has 0 atom stereocenters. The first-order chi connectivity index (χ1) is 5.79. The van der Waals surface area contributed by atoms with Gasteiger partial charge in [-0.05, 0) is 6.92 Å². The molecule has 0 saturated heterocycles. The highest BCUT2D eigenvalue weighted by Gasteiger charge is 2.04. The van der Waals surface area contributed by atoms with Gasteiger partial charge in [0.2, 0.25) is 0 Å². The molecule has 1 N–H and O–H groups in total. The summed E-state index contributed by atoms with van der Waals surface area (Å²) in [5.41, 5.74) is -0.183. The Morgan fingerprint density at radius 3 is 3.17 bits per heavy atom. The largest absolute Gasteiger partial charge is 0.343 e. The molecule has 0 unspecified atom stereocenters. The molecule has 0 aromatic carbocycles. The molecule has 0 radical (unpaired) electrons. The maximum absolute atomic E-state index is 11.0. The van der Waals surface area contributed by atoms with E-state index in [1.165, 1.54) is 11.8 Å². The van der Waals surface area contributed by atoms with E-state index in [4.69, 9.17) is 6.42 Å². The standard InChI is InChI=1S/C7H9N3OS/c1-3-5-12-7-9-8-6(11)10(7)4-2/h1H,4-5H2,2H3,(H,8,11). The highest BCUT2D eigenvalue weighted by molar-refractivity contribution is 7.99. The number of hydrogen-bond acceptors (Lipinski definition) is 3. The van der Waals surface area contributed by atoms with E-state index in [2.05, 4.69) is 16.1 Å². The van der Waals surface area contributed by atoms with Gasteiger partial charge >= 0.3 is 5.69 Å². The molecular weight excluding hydrogens is 174 g/mol. The fraction of sp³-hybridized carbons (Fsp3) is 0.429. The molecule has 1 rings (SSSR count). The van der Waals surface area contributed by atoms with Gasteiger partial charge in [0.25, 0.3) is 0 Å². The van der Waals surface area contributed by atoms with Crippen molar-refractivity contribution in [3.63, 3.8) is 0 Å². The van der Waals surface area contributed by atoms with E-state index >= 15 is 0 Å². The molecule has 0 fully saturated rings. The fourth-order valence-electron chi connectivity index (χ4n) is 0.798. The van der Waals surface area contributed by atoms with Crippen LogP contribution >= 0.6 is 11.8 Å². The Kier molecular flexibility index (Phi) is 3.00. The van der Waals surface area contributed by atoms with E-state index < -0.39 is 0 Å². The first-order valence-electron chi connectivity index (χ1n) is 3.51. The third-order valence-electron chi connectivity index (χ3n) is 1.32. The highest BCUT2D eigenvalue weighted by atomic mass is 32.2. The summed E-state index contributed by atoms with van der Waals surface area (Å²) in [7, 11) is 0. The van der Waals surface area contributed by atoms with Crippen molar-refractivity contribution < 1.29 is 0 Å². The van der Waals surface area contributed by atoms with Gasteiger partial charge in [0.1, 0.15) is 0 Å². The predicted octanol–water partition coefficient (Wildman–Crippen LogP) is 0.317. The Morgan fingerprint density at radius 2 is 2.58 bits per heavy atom. The van der Waals surface area contributed by atoms with Gasteiger partial charge in [-0.25, -0.2) is 9.89 Å². The number of aromatic amines is 1. The lowest BCUT2D eigenvalue weighted by molar-refractivity contribution is 0.661. The number of rotatable bonds is 3. The molecule has 0 aliphatic rings. The molecule has 0 bridgehead atoms. The summed E-state index contributed by atoms with van der Waals surface area (Å²) in [6.45, 7) is 2.50. The van der Waals surface area contributed by atoms with Gasteiger partial charge in [-0.3, -0.25) is 4.57 Å². The lowest BCUT2D eigenvalue weighted by Gasteiger charge is -1.97. The fourth-order valence-corrected chi connectivity index (χ4v) is 1.49. The van der Waals surface area contributed by atoms with Crippen LogP contribution < -0.4 is 5.69 Å². The van der Waals surface area contributed by atoms with Crippen molar-refractivity contribution in [1.82, 2.24) is 14.8 Å². The van der Waals surface area contributed by atoms with Crippen molar-refractivity contribution in [2.45, 2.75) is 18.6 Å². The molecule has 1 aromatic rings. The van der Waals surface area contributed by atoms with Gasteiger partial charge in [0, 0.05) is 6.54 Å². The molecule has 12 heavy (non-hydrogen) atoms. The number of aromatic nitrogens is 3. The van der Waals surface area contributed by atoms with Gasteiger partial charge in [-0.15, -0.1) is 11.5 Å². The molecular formula is C7H9N3OS. The molecule has 4 nitrogen and oxygen atoms in total. The second-order valence-corrected chi connectivity index (χ2v) is 2.99. The minimum Gasteiger partial charge on any atom is -0.270 e. The van der Waals surface area contributed by atoms with Crippen LogP contribution in [-0.2, 0) is 6.54 Å². The van der Waals surface area contributed by atoms with Crippen molar-refractivity contribution in [3.05, 3.63) is 10.5 Å². The maximum Gasteiger partial charge on any atom is 0.343 e. The molecule has 1 heterocycles. The Hall–Kier alpha value is -1.15. The van der Waals surface area contributed by atoms with Crippen molar-refractivity contribution in [2.75, 3.05) is 5.75 Å². The van der Waals surface area contributed by atoms with Crippen molar-refractivity contribution in [1.29, 1.82) is 0 Å². The summed E-state index contributed by atoms with van der Waals surface area (Å²) in [4.78, 5) is 11.0. The minimum absolute atomic E-state index is 0.183. The Morgan fingerprint density at radius 1 is 1.83 bits per heavy atom. The SMILES string of the molecule is C#CCSc1n[nH]c(=O)n1CC. The summed E-state index contributed by atoms with van der Waals surface area (Å²) in [5, 5.41) is 6.84. The summed E-state index contributed by atoms with van der Waals surface area (Å²) < 4.78 is 1.54. The smallest absolute Gasteiger partial charge is 0.270 e. The van der Waals surface area contributed by atoms with Crippen LogP contribution in [0.3, 0.4) is 0 Å². The van der Waals surface area contributed by atoms with E-state index in [0.717, 1.165) is 0 Å². The molecule has 0 aliphatic heterocycles. The summed E-state index contributed by atoms with van der Waals surface area (Å²) in [5.74, 6) is 3.00. The topological polar surface area (TPSA) is 50.7 Å².